The third-order valence-corrected chi connectivity index (χ3v) is 7.58. The normalized spacial score (nSPS) is 12.0. The summed E-state index contributed by atoms with van der Waals surface area (Å²) in [5, 5.41) is 14.3. The molecule has 0 aliphatic carbocycles. The molecule has 11 heteroatoms. The summed E-state index contributed by atoms with van der Waals surface area (Å²) in [6.45, 7) is 5.68. The Balaban J connectivity index is 2.06. The molecule has 41 heavy (non-hydrogen) atoms. The first kappa shape index (κ1) is 31.3. The summed E-state index contributed by atoms with van der Waals surface area (Å²) >= 11 is 0. The zero-order chi connectivity index (χ0) is 30.2. The number of benzene rings is 3. The lowest BCUT2D eigenvalue weighted by molar-refractivity contribution is -0.384. The van der Waals surface area contributed by atoms with Crippen molar-refractivity contribution in [1.82, 2.24) is 10.2 Å². The highest BCUT2D eigenvalue weighted by Gasteiger charge is 2.33. The minimum Gasteiger partial charge on any atom is -0.354 e. The molecule has 1 atom stereocenters. The molecule has 2 amide bonds. The van der Waals surface area contributed by atoms with Crippen molar-refractivity contribution in [2.24, 2.45) is 5.92 Å². The van der Waals surface area contributed by atoms with Gasteiger partial charge in [0.15, 0.2) is 0 Å². The van der Waals surface area contributed by atoms with E-state index in [0.717, 1.165) is 33.3 Å². The Kier molecular flexibility index (Phi) is 10.6. The van der Waals surface area contributed by atoms with E-state index >= 15 is 0 Å². The molecular weight excluding hydrogens is 544 g/mol. The third kappa shape index (κ3) is 9.14. The van der Waals surface area contributed by atoms with E-state index in [1.165, 1.54) is 23.1 Å². The maximum Gasteiger partial charge on any atom is 0.271 e. The molecule has 0 heterocycles. The van der Waals surface area contributed by atoms with Crippen LogP contribution >= 0.6 is 0 Å². The van der Waals surface area contributed by atoms with Crippen molar-refractivity contribution in [3.8, 4) is 0 Å². The van der Waals surface area contributed by atoms with E-state index < -0.39 is 33.4 Å². The highest BCUT2D eigenvalue weighted by Crippen LogP contribution is 2.24. The average molecular weight is 581 g/mol. The minimum atomic E-state index is -4.03. The standard InChI is InChI=1S/C30H36N4O6S/c1-22(2)19-31-30(36)28(17-24-9-6-5-7-10-24)32(20-25-15-13-23(3)14-16-25)29(35)21-33(41(4,39)40)26-11-8-12-27(18-26)34(37)38/h5-16,18,22,28H,17,19-21H2,1-4H3,(H,31,36)/t28-/m0/s1. The highest BCUT2D eigenvalue weighted by atomic mass is 32.2. The van der Waals surface area contributed by atoms with Crippen LogP contribution in [-0.4, -0.2) is 55.4 Å². The molecule has 0 spiro atoms. The van der Waals surface area contributed by atoms with E-state index in [-0.39, 0.29) is 36.2 Å². The van der Waals surface area contributed by atoms with Crippen molar-refractivity contribution in [2.45, 2.75) is 39.8 Å². The topological polar surface area (TPSA) is 130 Å². The Labute approximate surface area is 241 Å². The predicted octanol–water partition coefficient (Wildman–Crippen LogP) is 4.08. The summed E-state index contributed by atoms with van der Waals surface area (Å²) in [6, 6.07) is 20.9. The largest absolute Gasteiger partial charge is 0.354 e. The van der Waals surface area contributed by atoms with Crippen LogP contribution in [0.5, 0.6) is 0 Å². The van der Waals surface area contributed by atoms with Gasteiger partial charge in [0.1, 0.15) is 12.6 Å². The van der Waals surface area contributed by atoms with Gasteiger partial charge in [-0.15, -0.1) is 0 Å². The van der Waals surface area contributed by atoms with Crippen molar-refractivity contribution in [1.29, 1.82) is 0 Å². The second kappa shape index (κ2) is 13.9. The number of hydrogen-bond donors (Lipinski definition) is 1. The number of hydrogen-bond acceptors (Lipinski definition) is 6. The van der Waals surface area contributed by atoms with Gasteiger partial charge in [-0.3, -0.25) is 24.0 Å². The first-order valence-electron chi connectivity index (χ1n) is 13.2. The minimum absolute atomic E-state index is 0.0193. The Morgan fingerprint density at radius 2 is 1.61 bits per heavy atom. The first-order chi connectivity index (χ1) is 19.3. The summed E-state index contributed by atoms with van der Waals surface area (Å²) in [4.78, 5) is 39.8. The number of aryl methyl sites for hydroxylation is 1. The quantitative estimate of drug-likeness (QED) is 0.240. The van der Waals surface area contributed by atoms with Crippen LogP contribution in [0.3, 0.4) is 0 Å². The second-order valence-electron chi connectivity index (χ2n) is 10.4. The lowest BCUT2D eigenvalue weighted by Crippen LogP contribution is -2.53. The van der Waals surface area contributed by atoms with Crippen LogP contribution in [0.2, 0.25) is 0 Å². The second-order valence-corrected chi connectivity index (χ2v) is 12.3. The number of sulfonamides is 1. The Hall–Kier alpha value is -4.25. The van der Waals surface area contributed by atoms with Crippen LogP contribution in [-0.2, 0) is 32.6 Å². The monoisotopic (exact) mass is 580 g/mol. The lowest BCUT2D eigenvalue weighted by Gasteiger charge is -2.33. The van der Waals surface area contributed by atoms with E-state index in [1.807, 2.05) is 75.4 Å². The van der Waals surface area contributed by atoms with E-state index in [0.29, 0.717) is 6.54 Å². The molecule has 3 rings (SSSR count). The van der Waals surface area contributed by atoms with Gasteiger partial charge >= 0.3 is 0 Å². The first-order valence-corrected chi connectivity index (χ1v) is 15.1. The molecule has 0 radical (unpaired) electrons. The van der Waals surface area contributed by atoms with E-state index in [2.05, 4.69) is 5.32 Å². The number of nitrogens with zero attached hydrogens (tertiary/aromatic N) is 3. The number of anilines is 1. The molecule has 10 nitrogen and oxygen atoms in total. The number of rotatable bonds is 13. The molecule has 3 aromatic carbocycles. The summed E-state index contributed by atoms with van der Waals surface area (Å²) in [7, 11) is -4.03. The van der Waals surface area contributed by atoms with Crippen LogP contribution in [0.1, 0.15) is 30.5 Å². The van der Waals surface area contributed by atoms with Crippen LogP contribution < -0.4 is 9.62 Å². The predicted molar refractivity (Wildman–Crippen MR) is 159 cm³/mol. The molecule has 0 saturated heterocycles. The van der Waals surface area contributed by atoms with Gasteiger partial charge in [0.05, 0.1) is 16.9 Å². The van der Waals surface area contributed by atoms with Crippen LogP contribution in [0.4, 0.5) is 11.4 Å². The number of nitrogens with one attached hydrogen (secondary N) is 1. The Bertz CT molecular complexity index is 1460. The fourth-order valence-corrected chi connectivity index (χ4v) is 5.08. The van der Waals surface area contributed by atoms with Gasteiger partial charge in [0, 0.05) is 31.6 Å². The summed E-state index contributed by atoms with van der Waals surface area (Å²) in [6.07, 6.45) is 1.14. The zero-order valence-corrected chi connectivity index (χ0v) is 24.5. The van der Waals surface area contributed by atoms with Gasteiger partial charge < -0.3 is 10.2 Å². The molecule has 0 unspecified atom stereocenters. The van der Waals surface area contributed by atoms with Gasteiger partial charge in [-0.2, -0.15) is 0 Å². The zero-order valence-electron chi connectivity index (χ0n) is 23.7. The Morgan fingerprint density at radius 1 is 0.951 bits per heavy atom. The fraction of sp³-hybridized carbons (Fsp3) is 0.333. The van der Waals surface area contributed by atoms with Gasteiger partial charge in [0.25, 0.3) is 5.69 Å². The summed E-state index contributed by atoms with van der Waals surface area (Å²) in [5.41, 5.74) is 2.29. The van der Waals surface area contributed by atoms with Crippen molar-refractivity contribution in [3.63, 3.8) is 0 Å². The van der Waals surface area contributed by atoms with E-state index in [1.54, 1.807) is 0 Å². The number of nitro benzene ring substituents is 1. The number of amides is 2. The molecule has 0 fully saturated rings. The van der Waals surface area contributed by atoms with Crippen molar-refractivity contribution >= 4 is 33.2 Å². The number of carbonyl (C=O) groups is 2. The lowest BCUT2D eigenvalue weighted by atomic mass is 10.0. The Morgan fingerprint density at radius 3 is 2.20 bits per heavy atom. The maximum absolute atomic E-state index is 14.0. The van der Waals surface area contributed by atoms with Crippen LogP contribution in [0.15, 0.2) is 78.9 Å². The fourth-order valence-electron chi connectivity index (χ4n) is 4.24. The van der Waals surface area contributed by atoms with Gasteiger partial charge in [0.2, 0.25) is 21.8 Å². The van der Waals surface area contributed by atoms with E-state index in [9.17, 15) is 28.1 Å². The SMILES string of the molecule is Cc1ccc(CN(C(=O)CN(c2cccc([N+](=O)[O-])c2)S(C)(=O)=O)[C@@H](Cc2ccccc2)C(=O)NCC(C)C)cc1. The maximum atomic E-state index is 14.0. The van der Waals surface area contributed by atoms with Gasteiger partial charge in [-0.05, 0) is 30.0 Å². The molecule has 0 saturated carbocycles. The number of nitro groups is 1. The molecule has 218 valence electrons. The third-order valence-electron chi connectivity index (χ3n) is 6.44. The average Bonchev–Trinajstić information content (AvgIpc) is 2.93. The highest BCUT2D eigenvalue weighted by molar-refractivity contribution is 7.92. The molecule has 0 aromatic heterocycles. The smallest absolute Gasteiger partial charge is 0.271 e. The molecule has 0 bridgehead atoms. The number of carbonyl (C=O) groups excluding carboxylic acids is 2. The van der Waals surface area contributed by atoms with Crippen LogP contribution in [0.25, 0.3) is 0 Å². The van der Waals surface area contributed by atoms with Crippen LogP contribution in [0, 0.1) is 23.0 Å². The summed E-state index contributed by atoms with van der Waals surface area (Å²) < 4.78 is 26.5. The van der Waals surface area contributed by atoms with Crippen molar-refractivity contribution < 1.29 is 22.9 Å². The van der Waals surface area contributed by atoms with Gasteiger partial charge in [-0.25, -0.2) is 8.42 Å². The van der Waals surface area contributed by atoms with E-state index in [4.69, 9.17) is 0 Å². The number of non-ortho nitro benzene ring substituents is 1. The van der Waals surface area contributed by atoms with Crippen molar-refractivity contribution in [2.75, 3.05) is 23.7 Å². The molecule has 1 N–H and O–H groups in total. The van der Waals surface area contributed by atoms with Crippen molar-refractivity contribution in [3.05, 3.63) is 106 Å². The van der Waals surface area contributed by atoms with Gasteiger partial charge in [-0.1, -0.05) is 80.1 Å². The summed E-state index contributed by atoms with van der Waals surface area (Å²) in [5.74, 6) is -0.806. The molecule has 0 aliphatic heterocycles. The molecular formula is C30H36N4O6S. The molecule has 0 aliphatic rings. The molecule has 3 aromatic rings.